The molecule has 27 heavy (non-hydrogen) atoms. The highest BCUT2D eigenvalue weighted by Gasteiger charge is 2.61. The number of rotatable bonds is 7. The maximum atomic E-state index is 13.5. The Morgan fingerprint density at radius 3 is 2.44 bits per heavy atom. The first-order valence-electron chi connectivity index (χ1n) is 8.99. The number of alkyl halides is 3. The molecule has 0 aromatic heterocycles. The van der Waals surface area contributed by atoms with Gasteiger partial charge in [-0.05, 0) is 37.3 Å². The molecule has 0 spiro atoms. The monoisotopic (exact) mass is 386 g/mol. The Labute approximate surface area is 156 Å². The number of hydrogen-bond donors (Lipinski definition) is 2. The average molecular weight is 386 g/mol. The Kier molecular flexibility index (Phi) is 6.86. The number of halogens is 3. The lowest BCUT2D eigenvalue weighted by Gasteiger charge is -2.32. The number of hydrogen-bond acceptors (Lipinski definition) is 4. The van der Waals surface area contributed by atoms with E-state index < -0.39 is 29.6 Å². The molecule has 2 N–H and O–H groups in total. The fraction of sp³-hybridized carbons (Fsp3) is 0.579. The maximum Gasteiger partial charge on any atom is 0.415 e. The summed E-state index contributed by atoms with van der Waals surface area (Å²) in [5, 5.41) is 4.55. The molecule has 1 aliphatic rings. The van der Waals surface area contributed by atoms with Gasteiger partial charge in [0.25, 0.3) is 0 Å². The van der Waals surface area contributed by atoms with Gasteiger partial charge in [-0.15, -0.1) is 0 Å². The molecule has 1 aromatic rings. The predicted octanol–water partition coefficient (Wildman–Crippen LogP) is 2.95. The molecule has 8 heteroatoms. The lowest BCUT2D eigenvalue weighted by molar-refractivity contribution is -0.197. The highest BCUT2D eigenvalue weighted by molar-refractivity contribution is 5.91. The summed E-state index contributed by atoms with van der Waals surface area (Å²) in [6.07, 6.45) is -4.67. The second kappa shape index (κ2) is 8.73. The number of carbonyl (C=O) groups is 2. The van der Waals surface area contributed by atoms with Gasteiger partial charge in [-0.3, -0.25) is 10.1 Å². The Bertz CT molecular complexity index is 641. The summed E-state index contributed by atoms with van der Waals surface area (Å²) in [6, 6.07) is 7.79. The van der Waals surface area contributed by atoms with Crippen molar-refractivity contribution in [2.45, 2.75) is 57.5 Å². The summed E-state index contributed by atoms with van der Waals surface area (Å²) in [5.74, 6) is -1.98. The molecule has 1 fully saturated rings. The zero-order chi connectivity index (χ0) is 20.1. The molecular formula is C19H25F3N2O3. The first-order valence-corrected chi connectivity index (χ1v) is 8.99. The topological polar surface area (TPSA) is 67.4 Å². The fourth-order valence-corrected chi connectivity index (χ4v) is 3.10. The number of ether oxygens (including phenoxy) is 1. The van der Waals surface area contributed by atoms with Crippen molar-refractivity contribution >= 4 is 11.9 Å². The molecule has 1 amide bonds. The van der Waals surface area contributed by atoms with Crippen LogP contribution >= 0.6 is 0 Å². The molecular weight excluding hydrogens is 361 g/mol. The normalized spacial score (nSPS) is 21.1. The molecule has 1 saturated heterocycles. The van der Waals surface area contributed by atoms with Gasteiger partial charge in [0.15, 0.2) is 5.54 Å². The van der Waals surface area contributed by atoms with E-state index in [0.29, 0.717) is 0 Å². The SMILES string of the molecule is CC(C)C[C@H](NC(=O)[C@]1(C(F)(F)F)CCCN1)C(=O)OCc1ccccc1. The number of benzene rings is 1. The largest absolute Gasteiger partial charge is 0.459 e. The van der Waals surface area contributed by atoms with E-state index in [4.69, 9.17) is 4.74 Å². The molecule has 1 aliphatic heterocycles. The van der Waals surface area contributed by atoms with Crippen LogP contribution in [0, 0.1) is 5.92 Å². The molecule has 0 unspecified atom stereocenters. The Morgan fingerprint density at radius 1 is 1.26 bits per heavy atom. The van der Waals surface area contributed by atoms with E-state index in [-0.39, 0.29) is 38.3 Å². The van der Waals surface area contributed by atoms with E-state index >= 15 is 0 Å². The molecule has 1 heterocycles. The molecule has 150 valence electrons. The van der Waals surface area contributed by atoms with Gasteiger partial charge in [-0.1, -0.05) is 44.2 Å². The van der Waals surface area contributed by atoms with Crippen LogP contribution in [0.25, 0.3) is 0 Å². The van der Waals surface area contributed by atoms with Gasteiger partial charge < -0.3 is 10.1 Å². The van der Waals surface area contributed by atoms with Crippen molar-refractivity contribution < 1.29 is 27.5 Å². The van der Waals surface area contributed by atoms with Crippen molar-refractivity contribution in [1.29, 1.82) is 0 Å². The molecule has 2 rings (SSSR count). The van der Waals surface area contributed by atoms with Crippen LogP contribution in [-0.4, -0.2) is 36.2 Å². The van der Waals surface area contributed by atoms with Crippen LogP contribution < -0.4 is 10.6 Å². The van der Waals surface area contributed by atoms with Crippen LogP contribution in [0.1, 0.15) is 38.7 Å². The van der Waals surface area contributed by atoms with Gasteiger partial charge in [0.2, 0.25) is 5.91 Å². The van der Waals surface area contributed by atoms with Crippen molar-refractivity contribution in [3.05, 3.63) is 35.9 Å². The summed E-state index contributed by atoms with van der Waals surface area (Å²) < 4.78 is 45.7. The molecule has 1 aromatic carbocycles. The van der Waals surface area contributed by atoms with E-state index in [9.17, 15) is 22.8 Å². The molecule has 2 atom stereocenters. The second-order valence-electron chi connectivity index (χ2n) is 7.18. The second-order valence-corrected chi connectivity index (χ2v) is 7.18. The van der Waals surface area contributed by atoms with Crippen LogP contribution in [0.3, 0.4) is 0 Å². The molecule has 0 aliphatic carbocycles. The lowest BCUT2D eigenvalue weighted by atomic mass is 9.94. The van der Waals surface area contributed by atoms with E-state index in [1.54, 1.807) is 24.3 Å². The van der Waals surface area contributed by atoms with Crippen molar-refractivity contribution in [2.24, 2.45) is 5.92 Å². The first-order chi connectivity index (χ1) is 12.7. The van der Waals surface area contributed by atoms with Crippen LogP contribution in [0.4, 0.5) is 13.2 Å². The quantitative estimate of drug-likeness (QED) is 0.707. The Balaban J connectivity index is 2.08. The Hall–Kier alpha value is -2.09. The number of amides is 1. The number of esters is 1. The van der Waals surface area contributed by atoms with Crippen molar-refractivity contribution in [3.8, 4) is 0 Å². The third kappa shape index (κ3) is 5.22. The number of carbonyl (C=O) groups excluding carboxylic acids is 2. The molecule has 0 radical (unpaired) electrons. The molecule has 0 saturated carbocycles. The van der Waals surface area contributed by atoms with Crippen molar-refractivity contribution in [1.82, 2.24) is 10.6 Å². The fourth-order valence-electron chi connectivity index (χ4n) is 3.10. The van der Waals surface area contributed by atoms with Gasteiger partial charge in [0.05, 0.1) is 0 Å². The summed E-state index contributed by atoms with van der Waals surface area (Å²) in [7, 11) is 0. The van der Waals surface area contributed by atoms with Crippen molar-refractivity contribution in [2.75, 3.05) is 6.54 Å². The summed E-state index contributed by atoms with van der Waals surface area (Å²) in [5.41, 5.74) is -1.90. The van der Waals surface area contributed by atoms with Gasteiger partial charge in [-0.25, -0.2) is 4.79 Å². The van der Waals surface area contributed by atoms with Crippen LogP contribution in [-0.2, 0) is 20.9 Å². The summed E-state index contributed by atoms with van der Waals surface area (Å²) in [4.78, 5) is 24.9. The minimum absolute atomic E-state index is 0.00714. The summed E-state index contributed by atoms with van der Waals surface area (Å²) in [6.45, 7) is 3.72. The standard InChI is InChI=1S/C19H25F3N2O3/c1-13(2)11-15(16(25)27-12-14-7-4-3-5-8-14)24-17(26)18(19(20,21)22)9-6-10-23-18/h3-5,7-8,13,15,23H,6,9-12H2,1-2H3,(H,24,26)/t15-,18-/m0/s1. The smallest absolute Gasteiger partial charge is 0.415 e. The van der Waals surface area contributed by atoms with Crippen LogP contribution in [0.15, 0.2) is 30.3 Å². The highest BCUT2D eigenvalue weighted by atomic mass is 19.4. The van der Waals surface area contributed by atoms with Gasteiger partial charge >= 0.3 is 12.1 Å². The highest BCUT2D eigenvalue weighted by Crippen LogP contribution is 2.37. The first kappa shape index (κ1) is 21.2. The van der Waals surface area contributed by atoms with Gasteiger partial charge in [0.1, 0.15) is 12.6 Å². The zero-order valence-corrected chi connectivity index (χ0v) is 15.4. The number of nitrogens with one attached hydrogen (secondary N) is 2. The predicted molar refractivity (Wildman–Crippen MR) is 93.6 cm³/mol. The van der Waals surface area contributed by atoms with Crippen LogP contribution in [0.2, 0.25) is 0 Å². The third-order valence-corrected chi connectivity index (χ3v) is 4.55. The van der Waals surface area contributed by atoms with E-state index in [2.05, 4.69) is 10.6 Å². The van der Waals surface area contributed by atoms with Gasteiger partial charge in [-0.2, -0.15) is 13.2 Å². The van der Waals surface area contributed by atoms with Crippen LogP contribution in [0.5, 0.6) is 0 Å². The molecule has 5 nitrogen and oxygen atoms in total. The maximum absolute atomic E-state index is 13.5. The minimum atomic E-state index is -4.75. The third-order valence-electron chi connectivity index (χ3n) is 4.55. The summed E-state index contributed by atoms with van der Waals surface area (Å²) >= 11 is 0. The lowest BCUT2D eigenvalue weighted by Crippen LogP contribution is -2.64. The average Bonchev–Trinajstić information content (AvgIpc) is 3.10. The van der Waals surface area contributed by atoms with Gasteiger partial charge in [0, 0.05) is 0 Å². The van der Waals surface area contributed by atoms with E-state index in [1.165, 1.54) is 0 Å². The van der Waals surface area contributed by atoms with E-state index in [1.807, 2.05) is 19.9 Å². The van der Waals surface area contributed by atoms with Crippen molar-refractivity contribution in [3.63, 3.8) is 0 Å². The zero-order valence-electron chi connectivity index (χ0n) is 15.4. The molecule has 0 bridgehead atoms. The minimum Gasteiger partial charge on any atom is -0.459 e. The van der Waals surface area contributed by atoms with E-state index in [0.717, 1.165) is 5.56 Å². The Morgan fingerprint density at radius 2 is 1.93 bits per heavy atom.